The van der Waals surface area contributed by atoms with Gasteiger partial charge in [-0.05, 0) is 30.5 Å². The van der Waals surface area contributed by atoms with Crippen molar-refractivity contribution in [2.75, 3.05) is 13.1 Å². The van der Waals surface area contributed by atoms with E-state index in [2.05, 4.69) is 20.1 Å². The van der Waals surface area contributed by atoms with E-state index in [1.807, 2.05) is 6.92 Å². The molecule has 1 aliphatic rings. The molecule has 0 spiro atoms. The molecular formula is C19H17F5N6O. The van der Waals surface area contributed by atoms with Crippen molar-refractivity contribution in [3.8, 4) is 0 Å². The van der Waals surface area contributed by atoms with Crippen molar-refractivity contribution in [1.82, 2.24) is 29.5 Å². The lowest BCUT2D eigenvalue weighted by Crippen LogP contribution is -2.42. The molecule has 12 heteroatoms. The average Bonchev–Trinajstić information content (AvgIpc) is 3.21. The quantitative estimate of drug-likeness (QED) is 0.580. The molecule has 1 aliphatic heterocycles. The minimum atomic E-state index is -4.60. The average molecular weight is 440 g/mol. The van der Waals surface area contributed by atoms with E-state index in [-0.39, 0.29) is 29.7 Å². The van der Waals surface area contributed by atoms with Gasteiger partial charge in [0.05, 0.1) is 11.3 Å². The lowest BCUT2D eigenvalue weighted by atomic mass is 9.84. The topological polar surface area (TPSA) is 76.3 Å². The van der Waals surface area contributed by atoms with Crippen molar-refractivity contribution >= 4 is 11.7 Å². The van der Waals surface area contributed by atoms with Crippen LogP contribution in [0.5, 0.6) is 0 Å². The Kier molecular flexibility index (Phi) is 5.31. The number of nitrogens with zero attached hydrogens (tertiary/aromatic N) is 6. The lowest BCUT2D eigenvalue weighted by molar-refractivity contribution is -0.141. The van der Waals surface area contributed by atoms with E-state index >= 15 is 0 Å². The minimum Gasteiger partial charge on any atom is -0.338 e. The van der Waals surface area contributed by atoms with Crippen LogP contribution in [0.15, 0.2) is 30.7 Å². The molecule has 3 aromatic rings. The Hall–Kier alpha value is -3.18. The Labute approximate surface area is 172 Å². The van der Waals surface area contributed by atoms with Crippen molar-refractivity contribution in [2.45, 2.75) is 31.9 Å². The summed E-state index contributed by atoms with van der Waals surface area (Å²) in [4.78, 5) is 25.4. The smallest absolute Gasteiger partial charge is 0.338 e. The molecule has 0 radical (unpaired) electrons. The van der Waals surface area contributed by atoms with Gasteiger partial charge in [-0.2, -0.15) is 23.3 Å². The summed E-state index contributed by atoms with van der Waals surface area (Å²) < 4.78 is 66.2. The fraction of sp³-hybridized carbons (Fsp3) is 0.421. The molecule has 0 aromatic carbocycles. The third-order valence-electron chi connectivity index (χ3n) is 5.45. The predicted octanol–water partition coefficient (Wildman–Crippen LogP) is 3.74. The van der Waals surface area contributed by atoms with Gasteiger partial charge in [0.1, 0.15) is 17.7 Å². The molecule has 31 heavy (non-hydrogen) atoms. The summed E-state index contributed by atoms with van der Waals surface area (Å²) in [7, 11) is 0. The van der Waals surface area contributed by atoms with Gasteiger partial charge in [-0.15, -0.1) is 0 Å². The van der Waals surface area contributed by atoms with Crippen LogP contribution in [0, 0.1) is 5.92 Å². The maximum Gasteiger partial charge on any atom is 0.433 e. The van der Waals surface area contributed by atoms with Gasteiger partial charge in [0.25, 0.3) is 18.1 Å². The number of pyridine rings is 1. The Morgan fingerprint density at radius 3 is 2.65 bits per heavy atom. The standard InChI is InChI=1S/C19H17F5N6O/c1-10-4-5-29(17(31)11-2-3-15(25-7-11)19(22,23)24)8-12(10)14-6-13(16(20)21)28-18-26-9-27-30(14)18/h2-3,6-7,9-10,12,16H,4-5,8H2,1H3/t10-,12-/m1/s1. The first-order chi connectivity index (χ1) is 14.6. The minimum absolute atomic E-state index is 0.0233. The van der Waals surface area contributed by atoms with Crippen molar-refractivity contribution in [1.29, 1.82) is 0 Å². The number of carbonyl (C=O) groups excluding carboxylic acids is 1. The molecule has 4 rings (SSSR count). The van der Waals surface area contributed by atoms with Crippen molar-refractivity contribution < 1.29 is 26.7 Å². The Balaban J connectivity index is 1.63. The monoisotopic (exact) mass is 440 g/mol. The fourth-order valence-corrected chi connectivity index (χ4v) is 3.74. The van der Waals surface area contributed by atoms with E-state index in [1.54, 1.807) is 0 Å². The summed E-state index contributed by atoms with van der Waals surface area (Å²) >= 11 is 0. The molecule has 0 saturated carbocycles. The number of rotatable bonds is 3. The lowest BCUT2D eigenvalue weighted by Gasteiger charge is -2.37. The van der Waals surface area contributed by atoms with Crippen LogP contribution in [-0.4, -0.2) is 48.5 Å². The zero-order chi connectivity index (χ0) is 22.3. The van der Waals surface area contributed by atoms with Gasteiger partial charge in [0.2, 0.25) is 0 Å². The van der Waals surface area contributed by atoms with Crippen molar-refractivity contribution in [3.05, 3.63) is 53.4 Å². The number of hydrogen-bond acceptors (Lipinski definition) is 5. The van der Waals surface area contributed by atoms with Gasteiger partial charge >= 0.3 is 6.18 Å². The maximum absolute atomic E-state index is 13.3. The third-order valence-corrected chi connectivity index (χ3v) is 5.45. The SMILES string of the molecule is C[C@@H]1CCN(C(=O)c2ccc(C(F)(F)F)nc2)C[C@H]1c1cc(C(F)F)nc2ncnn12. The van der Waals surface area contributed by atoms with Gasteiger partial charge in [0.15, 0.2) is 0 Å². The second-order valence-electron chi connectivity index (χ2n) is 7.43. The first-order valence-corrected chi connectivity index (χ1v) is 9.46. The van der Waals surface area contributed by atoms with Gasteiger partial charge < -0.3 is 4.90 Å². The Bertz CT molecular complexity index is 1100. The van der Waals surface area contributed by atoms with Crippen LogP contribution < -0.4 is 0 Å². The van der Waals surface area contributed by atoms with Crippen LogP contribution >= 0.6 is 0 Å². The van der Waals surface area contributed by atoms with Crippen molar-refractivity contribution in [2.24, 2.45) is 5.92 Å². The highest BCUT2D eigenvalue weighted by molar-refractivity contribution is 5.94. The second-order valence-corrected chi connectivity index (χ2v) is 7.43. The molecule has 0 bridgehead atoms. The van der Waals surface area contributed by atoms with E-state index in [1.165, 1.54) is 21.8 Å². The highest BCUT2D eigenvalue weighted by atomic mass is 19.4. The van der Waals surface area contributed by atoms with Crippen LogP contribution in [0.2, 0.25) is 0 Å². The summed E-state index contributed by atoms with van der Waals surface area (Å²) in [5.74, 6) is -0.744. The van der Waals surface area contributed by atoms with Gasteiger partial charge in [-0.25, -0.2) is 18.3 Å². The van der Waals surface area contributed by atoms with E-state index in [4.69, 9.17) is 0 Å². The summed E-state index contributed by atoms with van der Waals surface area (Å²) in [6.45, 7) is 2.50. The largest absolute Gasteiger partial charge is 0.433 e. The number of carbonyl (C=O) groups is 1. The molecule has 0 unspecified atom stereocenters. The number of hydrogen-bond donors (Lipinski definition) is 0. The molecule has 2 atom stereocenters. The second kappa shape index (κ2) is 7.82. The number of amides is 1. The van der Waals surface area contributed by atoms with Crippen LogP contribution in [0.3, 0.4) is 0 Å². The molecule has 1 amide bonds. The number of aromatic nitrogens is 5. The highest BCUT2D eigenvalue weighted by Crippen LogP contribution is 2.34. The van der Waals surface area contributed by atoms with Gasteiger partial charge in [0, 0.05) is 25.2 Å². The summed E-state index contributed by atoms with van der Waals surface area (Å²) in [6.07, 6.45) is -4.71. The normalized spacial score (nSPS) is 19.9. The van der Waals surface area contributed by atoms with Gasteiger partial charge in [-0.1, -0.05) is 6.92 Å². The number of piperidine rings is 1. The number of alkyl halides is 5. The zero-order valence-electron chi connectivity index (χ0n) is 16.2. The van der Waals surface area contributed by atoms with Crippen LogP contribution in [0.4, 0.5) is 22.0 Å². The summed E-state index contributed by atoms with van der Waals surface area (Å²) in [5, 5.41) is 4.07. The van der Waals surface area contributed by atoms with E-state index < -0.39 is 29.9 Å². The highest BCUT2D eigenvalue weighted by Gasteiger charge is 2.35. The molecule has 164 valence electrons. The predicted molar refractivity (Wildman–Crippen MR) is 97.4 cm³/mol. The van der Waals surface area contributed by atoms with E-state index in [9.17, 15) is 26.7 Å². The summed E-state index contributed by atoms with van der Waals surface area (Å²) in [6, 6.07) is 3.11. The van der Waals surface area contributed by atoms with E-state index in [0.717, 1.165) is 18.3 Å². The van der Waals surface area contributed by atoms with E-state index in [0.29, 0.717) is 18.7 Å². The first kappa shape index (κ1) is 21.1. The Morgan fingerprint density at radius 2 is 2.00 bits per heavy atom. The van der Waals surface area contributed by atoms with Gasteiger partial charge in [-0.3, -0.25) is 9.78 Å². The third kappa shape index (κ3) is 4.06. The Morgan fingerprint density at radius 1 is 1.23 bits per heavy atom. The molecule has 3 aromatic heterocycles. The maximum atomic E-state index is 13.3. The first-order valence-electron chi connectivity index (χ1n) is 9.46. The van der Waals surface area contributed by atoms with Crippen LogP contribution in [0.1, 0.15) is 53.1 Å². The number of fused-ring (bicyclic) bond motifs is 1. The molecule has 1 fully saturated rings. The summed E-state index contributed by atoms with van der Waals surface area (Å²) in [5.41, 5.74) is -1.04. The molecule has 0 aliphatic carbocycles. The molecule has 7 nitrogen and oxygen atoms in total. The molecular weight excluding hydrogens is 423 g/mol. The van der Waals surface area contributed by atoms with Crippen LogP contribution in [-0.2, 0) is 6.18 Å². The molecule has 4 heterocycles. The van der Waals surface area contributed by atoms with Crippen molar-refractivity contribution in [3.63, 3.8) is 0 Å². The zero-order valence-corrected chi connectivity index (χ0v) is 16.2. The fourth-order valence-electron chi connectivity index (χ4n) is 3.74. The number of likely N-dealkylation sites (tertiary alicyclic amines) is 1. The van der Waals surface area contributed by atoms with Crippen LogP contribution in [0.25, 0.3) is 5.78 Å². The molecule has 1 saturated heterocycles. The molecule has 0 N–H and O–H groups in total. The number of halogens is 5.